The lowest BCUT2D eigenvalue weighted by molar-refractivity contribution is -0.122. The molecule has 3 heterocycles. The van der Waals surface area contributed by atoms with E-state index in [9.17, 15) is 14.0 Å². The van der Waals surface area contributed by atoms with Gasteiger partial charge in [-0.15, -0.1) is 0 Å². The van der Waals surface area contributed by atoms with Crippen molar-refractivity contribution in [1.29, 1.82) is 0 Å². The highest BCUT2D eigenvalue weighted by atomic mass is 19.1. The summed E-state index contributed by atoms with van der Waals surface area (Å²) in [5.41, 5.74) is 0.328. The van der Waals surface area contributed by atoms with Crippen LogP contribution < -0.4 is 10.5 Å². The maximum absolute atomic E-state index is 13.9. The largest absolute Gasteiger partial charge is 0.483 e. The lowest BCUT2D eigenvalue weighted by Crippen LogP contribution is -2.36. The number of hydrogen-bond acceptors (Lipinski definition) is 5. The fourth-order valence-corrected chi connectivity index (χ4v) is 2.85. The summed E-state index contributed by atoms with van der Waals surface area (Å²) in [6, 6.07) is 5.89. The quantitative estimate of drug-likeness (QED) is 0.785. The van der Waals surface area contributed by atoms with Gasteiger partial charge in [-0.3, -0.25) is 14.4 Å². The van der Waals surface area contributed by atoms with E-state index in [4.69, 9.17) is 9.90 Å². The molecule has 1 fully saturated rings. The molecule has 1 aliphatic rings. The Morgan fingerprint density at radius 2 is 1.96 bits per heavy atom. The molecule has 0 aromatic carbocycles. The van der Waals surface area contributed by atoms with Crippen molar-refractivity contribution in [2.75, 3.05) is 31.1 Å². The maximum Gasteiger partial charge on any atom is 0.290 e. The number of carbonyl (C=O) groups excluding carboxylic acids is 1. The SMILES string of the molecule is Cn1cc(C(=O)N2CCCN(c3ncccc3F)CC2)ccc1=O.O=CO. The average molecular weight is 376 g/mol. The van der Waals surface area contributed by atoms with Gasteiger partial charge in [0.2, 0.25) is 5.56 Å². The van der Waals surface area contributed by atoms with Crippen LogP contribution in [0.1, 0.15) is 16.8 Å². The Morgan fingerprint density at radius 3 is 2.63 bits per heavy atom. The lowest BCUT2D eigenvalue weighted by Gasteiger charge is -2.23. The first kappa shape index (κ1) is 20.1. The number of nitrogens with zero attached hydrogens (tertiary/aromatic N) is 4. The topological polar surface area (TPSA) is 95.7 Å². The first-order chi connectivity index (χ1) is 13.0. The van der Waals surface area contributed by atoms with Crippen LogP contribution in [0.2, 0.25) is 0 Å². The van der Waals surface area contributed by atoms with E-state index in [1.54, 1.807) is 36.5 Å². The van der Waals surface area contributed by atoms with Crippen molar-refractivity contribution in [3.63, 3.8) is 0 Å². The minimum Gasteiger partial charge on any atom is -0.483 e. The summed E-state index contributed by atoms with van der Waals surface area (Å²) < 4.78 is 15.3. The number of pyridine rings is 2. The zero-order valence-electron chi connectivity index (χ0n) is 14.9. The fourth-order valence-electron chi connectivity index (χ4n) is 2.85. The molecule has 0 bridgehead atoms. The molecule has 0 spiro atoms. The summed E-state index contributed by atoms with van der Waals surface area (Å²) in [6.45, 7) is 1.99. The minimum atomic E-state index is -0.352. The summed E-state index contributed by atoms with van der Waals surface area (Å²) in [4.78, 5) is 40.1. The van der Waals surface area contributed by atoms with E-state index in [1.807, 2.05) is 4.90 Å². The molecule has 0 radical (unpaired) electrons. The molecular formula is C18H21FN4O4. The van der Waals surface area contributed by atoms with Gasteiger partial charge < -0.3 is 19.5 Å². The van der Waals surface area contributed by atoms with Crippen LogP contribution in [0, 0.1) is 5.82 Å². The third-order valence-corrected chi connectivity index (χ3v) is 4.15. The highest BCUT2D eigenvalue weighted by molar-refractivity contribution is 5.94. The number of rotatable bonds is 2. The van der Waals surface area contributed by atoms with E-state index in [1.165, 1.54) is 16.7 Å². The smallest absolute Gasteiger partial charge is 0.290 e. The Bertz CT molecular complexity index is 855. The predicted octanol–water partition coefficient (Wildman–Crippen LogP) is 0.973. The van der Waals surface area contributed by atoms with E-state index in [0.29, 0.717) is 37.6 Å². The molecule has 0 saturated carbocycles. The summed E-state index contributed by atoms with van der Waals surface area (Å²) in [5, 5.41) is 6.89. The molecule has 0 atom stereocenters. The van der Waals surface area contributed by atoms with Crippen LogP contribution in [-0.2, 0) is 11.8 Å². The van der Waals surface area contributed by atoms with Crippen molar-refractivity contribution in [3.05, 3.63) is 58.4 Å². The molecule has 2 aromatic heterocycles. The van der Waals surface area contributed by atoms with E-state index in [-0.39, 0.29) is 23.8 Å². The molecule has 1 saturated heterocycles. The Labute approximate surface area is 155 Å². The van der Waals surface area contributed by atoms with E-state index in [2.05, 4.69) is 4.98 Å². The molecule has 9 heteroatoms. The molecule has 2 aromatic rings. The van der Waals surface area contributed by atoms with Crippen LogP contribution in [0.25, 0.3) is 0 Å². The van der Waals surface area contributed by atoms with Gasteiger partial charge in [0.25, 0.3) is 12.4 Å². The number of carbonyl (C=O) groups is 2. The van der Waals surface area contributed by atoms with E-state index in [0.717, 1.165) is 6.42 Å². The highest BCUT2D eigenvalue weighted by Crippen LogP contribution is 2.18. The molecule has 144 valence electrons. The van der Waals surface area contributed by atoms with Crippen LogP contribution in [0.5, 0.6) is 0 Å². The van der Waals surface area contributed by atoms with Crippen LogP contribution in [0.3, 0.4) is 0 Å². The van der Waals surface area contributed by atoms with Crippen molar-refractivity contribution >= 4 is 18.2 Å². The van der Waals surface area contributed by atoms with Crippen molar-refractivity contribution in [2.24, 2.45) is 7.05 Å². The van der Waals surface area contributed by atoms with Crippen molar-refractivity contribution in [3.8, 4) is 0 Å². The zero-order chi connectivity index (χ0) is 19.8. The molecule has 1 N–H and O–H groups in total. The Balaban J connectivity index is 0.000000817. The number of hydrogen-bond donors (Lipinski definition) is 1. The molecule has 0 unspecified atom stereocenters. The number of carboxylic acid groups (broad SMARTS) is 1. The van der Waals surface area contributed by atoms with Gasteiger partial charge in [0.15, 0.2) is 11.6 Å². The number of amides is 1. The normalized spacial score (nSPS) is 14.0. The second-order valence-electron chi connectivity index (χ2n) is 5.91. The summed E-state index contributed by atoms with van der Waals surface area (Å²) in [5.74, 6) is -0.141. The van der Waals surface area contributed by atoms with E-state index >= 15 is 0 Å². The van der Waals surface area contributed by atoms with Gasteiger partial charge in [-0.2, -0.15) is 0 Å². The molecule has 1 aliphatic heterocycles. The molecule has 0 aliphatic carbocycles. The van der Waals surface area contributed by atoms with Crippen molar-refractivity contribution in [1.82, 2.24) is 14.5 Å². The van der Waals surface area contributed by atoms with Gasteiger partial charge in [0.05, 0.1) is 5.56 Å². The Hall–Kier alpha value is -3.23. The first-order valence-electron chi connectivity index (χ1n) is 8.37. The number of aryl methyl sites for hydroxylation is 1. The summed E-state index contributed by atoms with van der Waals surface area (Å²) in [6.07, 6.45) is 3.84. The minimum absolute atomic E-state index is 0.117. The van der Waals surface area contributed by atoms with Crippen molar-refractivity contribution in [2.45, 2.75) is 6.42 Å². The van der Waals surface area contributed by atoms with Crippen LogP contribution in [0.4, 0.5) is 10.2 Å². The van der Waals surface area contributed by atoms with Gasteiger partial charge >= 0.3 is 0 Å². The van der Waals surface area contributed by atoms with Crippen LogP contribution in [-0.4, -0.2) is 58.1 Å². The maximum atomic E-state index is 13.9. The van der Waals surface area contributed by atoms with Gasteiger partial charge in [-0.25, -0.2) is 9.37 Å². The number of aromatic nitrogens is 2. The predicted molar refractivity (Wildman–Crippen MR) is 97.3 cm³/mol. The Morgan fingerprint density at radius 1 is 1.22 bits per heavy atom. The third kappa shape index (κ3) is 5.13. The number of halogens is 1. The fraction of sp³-hybridized carbons (Fsp3) is 0.333. The molecule has 27 heavy (non-hydrogen) atoms. The second kappa shape index (κ2) is 9.46. The second-order valence-corrected chi connectivity index (χ2v) is 5.91. The summed E-state index contributed by atoms with van der Waals surface area (Å²) >= 11 is 0. The molecule has 8 nitrogen and oxygen atoms in total. The van der Waals surface area contributed by atoms with Crippen molar-refractivity contribution < 1.29 is 19.1 Å². The standard InChI is InChI=1S/C17H19FN4O2.CH2O2/c1-20-12-13(5-6-15(20)23)17(24)22-9-3-8-21(10-11-22)16-14(18)4-2-7-19-16;2-1-3/h2,4-7,12H,3,8-11H2,1H3;1H,(H,2,3). The third-order valence-electron chi connectivity index (χ3n) is 4.15. The molecular weight excluding hydrogens is 355 g/mol. The number of anilines is 1. The highest BCUT2D eigenvalue weighted by Gasteiger charge is 2.22. The monoisotopic (exact) mass is 376 g/mol. The molecule has 3 rings (SSSR count). The van der Waals surface area contributed by atoms with Crippen LogP contribution in [0.15, 0.2) is 41.5 Å². The van der Waals surface area contributed by atoms with E-state index < -0.39 is 0 Å². The van der Waals surface area contributed by atoms with Gasteiger partial charge in [-0.05, 0) is 24.6 Å². The van der Waals surface area contributed by atoms with Gasteiger partial charge in [0.1, 0.15) is 0 Å². The average Bonchev–Trinajstić information content (AvgIpc) is 2.90. The van der Waals surface area contributed by atoms with Gasteiger partial charge in [0, 0.05) is 51.7 Å². The van der Waals surface area contributed by atoms with Gasteiger partial charge in [-0.1, -0.05) is 0 Å². The molecule has 1 amide bonds. The first-order valence-corrected chi connectivity index (χ1v) is 8.37. The Kier molecular flexibility index (Phi) is 7.04. The van der Waals surface area contributed by atoms with Crippen LogP contribution >= 0.6 is 0 Å². The lowest BCUT2D eigenvalue weighted by atomic mass is 10.2. The summed E-state index contributed by atoms with van der Waals surface area (Å²) in [7, 11) is 1.62. The zero-order valence-corrected chi connectivity index (χ0v) is 14.9.